The number of nitriles is 1. The zero-order valence-electron chi connectivity index (χ0n) is 17.5. The van der Waals surface area contributed by atoms with Gasteiger partial charge in [-0.05, 0) is 19.1 Å². The molecule has 1 aromatic carbocycles. The number of benzene rings is 1. The molecular formula is C20H19F3N4O5S. The molecule has 0 bridgehead atoms. The second kappa shape index (κ2) is 11.2. The second-order valence-electron chi connectivity index (χ2n) is 6.29. The van der Waals surface area contributed by atoms with Crippen molar-refractivity contribution in [2.45, 2.75) is 19.6 Å². The Kier molecular flexibility index (Phi) is 8.63. The van der Waals surface area contributed by atoms with E-state index >= 15 is 0 Å². The number of hydrogen-bond donors (Lipinski definition) is 2. The third-order valence-corrected chi connectivity index (χ3v) is 5.14. The van der Waals surface area contributed by atoms with Crippen molar-refractivity contribution in [2.24, 2.45) is 0 Å². The van der Waals surface area contributed by atoms with Crippen LogP contribution in [0.2, 0.25) is 0 Å². The van der Waals surface area contributed by atoms with Crippen molar-refractivity contribution in [1.82, 2.24) is 9.88 Å². The Morgan fingerprint density at radius 1 is 1.33 bits per heavy atom. The Bertz CT molecular complexity index is 1240. The van der Waals surface area contributed by atoms with Crippen LogP contribution >= 0.6 is 11.3 Å². The van der Waals surface area contributed by atoms with Crippen LogP contribution in [-0.2, 0) is 20.9 Å². The molecule has 0 spiro atoms. The van der Waals surface area contributed by atoms with Crippen molar-refractivity contribution in [3.05, 3.63) is 43.8 Å². The Balaban J connectivity index is 2.37. The fourth-order valence-electron chi connectivity index (χ4n) is 2.48. The quantitative estimate of drug-likeness (QED) is 0.529. The molecule has 0 aliphatic rings. The molecule has 33 heavy (non-hydrogen) atoms. The first kappa shape index (κ1) is 25.5. The number of anilines is 1. The molecular weight excluding hydrogens is 465 g/mol. The minimum Gasteiger partial charge on any atom is -0.482 e. The van der Waals surface area contributed by atoms with Crippen molar-refractivity contribution in [2.75, 3.05) is 25.6 Å². The van der Waals surface area contributed by atoms with E-state index in [4.69, 9.17) is 4.74 Å². The molecule has 0 radical (unpaired) electrons. The average Bonchev–Trinajstić information content (AvgIpc) is 3.09. The third-order valence-electron chi connectivity index (χ3n) is 4.01. The highest BCUT2D eigenvalue weighted by Gasteiger charge is 2.28. The smallest absolute Gasteiger partial charge is 0.405 e. The number of thiazole rings is 1. The van der Waals surface area contributed by atoms with Gasteiger partial charge >= 0.3 is 12.1 Å². The number of esters is 1. The minimum absolute atomic E-state index is 0.0621. The van der Waals surface area contributed by atoms with Crippen LogP contribution in [0, 0.1) is 11.3 Å². The van der Waals surface area contributed by atoms with E-state index in [0.29, 0.717) is 11.4 Å². The highest BCUT2D eigenvalue weighted by atomic mass is 32.1. The number of carbonyl (C=O) groups excluding carboxylic acids is 2. The van der Waals surface area contributed by atoms with Gasteiger partial charge in [-0.3, -0.25) is 14.2 Å². The molecule has 0 aliphatic carbocycles. The van der Waals surface area contributed by atoms with E-state index in [0.717, 1.165) is 15.9 Å². The number of halogens is 3. The average molecular weight is 484 g/mol. The summed E-state index contributed by atoms with van der Waals surface area (Å²) in [6.07, 6.45) is -3.31. The molecule has 0 aliphatic heterocycles. The molecule has 2 rings (SSSR count). The van der Waals surface area contributed by atoms with E-state index in [1.54, 1.807) is 42.6 Å². The topological polar surface area (TPSA) is 122 Å². The Morgan fingerprint density at radius 2 is 2.06 bits per heavy atom. The van der Waals surface area contributed by atoms with Gasteiger partial charge in [0.2, 0.25) is 0 Å². The molecule has 13 heteroatoms. The second-order valence-corrected chi connectivity index (χ2v) is 7.32. The van der Waals surface area contributed by atoms with Gasteiger partial charge in [0.05, 0.1) is 7.11 Å². The number of ether oxygens (including phenoxy) is 2. The van der Waals surface area contributed by atoms with Gasteiger partial charge in [-0.25, -0.2) is 4.79 Å². The van der Waals surface area contributed by atoms with Gasteiger partial charge in [0, 0.05) is 24.5 Å². The van der Waals surface area contributed by atoms with Gasteiger partial charge in [-0.1, -0.05) is 6.07 Å². The molecule has 1 heterocycles. The Hall–Kier alpha value is -3.79. The summed E-state index contributed by atoms with van der Waals surface area (Å²) in [7, 11) is 1.23. The highest BCUT2D eigenvalue weighted by molar-refractivity contribution is 7.07. The van der Waals surface area contributed by atoms with Crippen LogP contribution in [0.5, 0.6) is 5.75 Å². The monoisotopic (exact) mass is 484 g/mol. The molecule has 2 aromatic rings. The predicted molar refractivity (Wildman–Crippen MR) is 114 cm³/mol. The maximum absolute atomic E-state index is 12.7. The minimum atomic E-state index is -4.64. The molecule has 9 nitrogen and oxygen atoms in total. The predicted octanol–water partition coefficient (Wildman–Crippen LogP) is 0.684. The highest BCUT2D eigenvalue weighted by Crippen LogP contribution is 2.17. The fourth-order valence-corrected chi connectivity index (χ4v) is 3.57. The molecule has 2 N–H and O–H groups in total. The number of nitrogens with zero attached hydrogens (tertiary/aromatic N) is 2. The summed E-state index contributed by atoms with van der Waals surface area (Å²) in [5, 5.41) is 13.8. The summed E-state index contributed by atoms with van der Waals surface area (Å²) >= 11 is 0.784. The first-order valence-corrected chi connectivity index (χ1v) is 10.2. The number of aromatic nitrogens is 1. The van der Waals surface area contributed by atoms with Crippen LogP contribution < -0.4 is 30.1 Å². The van der Waals surface area contributed by atoms with Crippen molar-refractivity contribution in [1.29, 1.82) is 5.26 Å². The van der Waals surface area contributed by atoms with Gasteiger partial charge in [0.15, 0.2) is 12.2 Å². The number of rotatable bonds is 8. The number of nitrogens with one attached hydrogen (secondary N) is 2. The summed E-state index contributed by atoms with van der Waals surface area (Å²) in [6, 6.07) is 8.04. The normalized spacial score (nSPS) is 12.5. The maximum Gasteiger partial charge on any atom is 0.405 e. The molecule has 0 atom stereocenters. The summed E-state index contributed by atoms with van der Waals surface area (Å²) in [5.74, 6) is -1.43. The number of methoxy groups -OCH3 is 1. The number of alkyl halides is 3. The Morgan fingerprint density at radius 3 is 2.67 bits per heavy atom. The summed E-state index contributed by atoms with van der Waals surface area (Å²) in [5.41, 5.74) is -0.623. The first-order valence-electron chi connectivity index (χ1n) is 9.35. The molecule has 176 valence electrons. The van der Waals surface area contributed by atoms with Crippen LogP contribution in [0.4, 0.5) is 18.9 Å². The zero-order chi connectivity index (χ0) is 24.6. The Labute approximate surface area is 189 Å². The lowest BCUT2D eigenvalue weighted by Crippen LogP contribution is -2.37. The molecule has 0 unspecified atom stereocenters. The zero-order valence-corrected chi connectivity index (χ0v) is 18.3. The first-order chi connectivity index (χ1) is 15.6. The van der Waals surface area contributed by atoms with Gasteiger partial charge in [-0.15, -0.1) is 11.3 Å². The van der Waals surface area contributed by atoms with Crippen molar-refractivity contribution in [3.63, 3.8) is 0 Å². The van der Waals surface area contributed by atoms with Gasteiger partial charge in [0.1, 0.15) is 27.6 Å². The molecule has 0 fully saturated rings. The lowest BCUT2D eigenvalue weighted by atomic mass is 10.3. The summed E-state index contributed by atoms with van der Waals surface area (Å²) in [6.45, 7) is -0.206. The van der Waals surface area contributed by atoms with Gasteiger partial charge < -0.3 is 20.1 Å². The van der Waals surface area contributed by atoms with Crippen LogP contribution in [0.25, 0.3) is 11.8 Å². The number of amides is 1. The van der Waals surface area contributed by atoms with Crippen LogP contribution in [0.3, 0.4) is 0 Å². The van der Waals surface area contributed by atoms with Crippen LogP contribution in [-0.4, -0.2) is 42.9 Å². The van der Waals surface area contributed by atoms with Crippen molar-refractivity contribution < 1.29 is 32.2 Å². The lowest BCUT2D eigenvalue weighted by Gasteiger charge is -2.07. The standard InChI is InChI=1S/C20H19F3N4O5S/c1-3-27-18(30)15(33-19(27)14(8-24)17(29)26-11-20(21,22)23)9-25-12-5-4-6-13(7-12)32-10-16(28)31-2/h4-7,9,25H,3,10-11H2,1-2H3,(H,26,29)/b15-9+,19-14-. The van der Waals surface area contributed by atoms with E-state index < -0.39 is 35.7 Å². The van der Waals surface area contributed by atoms with Crippen molar-refractivity contribution >= 4 is 40.7 Å². The molecule has 1 aromatic heterocycles. The number of hydrogen-bond acceptors (Lipinski definition) is 8. The van der Waals surface area contributed by atoms with E-state index in [1.165, 1.54) is 13.3 Å². The van der Waals surface area contributed by atoms with Crippen LogP contribution in [0.15, 0.2) is 29.1 Å². The molecule has 1 amide bonds. The van der Waals surface area contributed by atoms with E-state index in [1.807, 2.05) is 0 Å². The van der Waals surface area contributed by atoms with Crippen molar-refractivity contribution in [3.8, 4) is 11.8 Å². The maximum atomic E-state index is 12.7. The summed E-state index contributed by atoms with van der Waals surface area (Å²) in [4.78, 5) is 36.0. The third kappa shape index (κ3) is 7.11. The largest absolute Gasteiger partial charge is 0.482 e. The molecule has 0 saturated heterocycles. The summed E-state index contributed by atoms with van der Waals surface area (Å²) < 4.78 is 48.1. The van der Waals surface area contributed by atoms with Gasteiger partial charge in [-0.2, -0.15) is 18.4 Å². The van der Waals surface area contributed by atoms with E-state index in [2.05, 4.69) is 10.1 Å². The van der Waals surface area contributed by atoms with Crippen LogP contribution in [0.1, 0.15) is 6.92 Å². The van der Waals surface area contributed by atoms with E-state index in [9.17, 15) is 32.8 Å². The SMILES string of the molecule is CCn1c(=O)/c(=C\Nc2cccc(OCC(=O)OC)c2)s/c1=C(/C#N)C(=O)NCC(F)(F)F. The molecule has 0 saturated carbocycles. The lowest BCUT2D eigenvalue weighted by molar-refractivity contribution is -0.142. The number of carbonyl (C=O) groups is 2. The fraction of sp³-hybridized carbons (Fsp3) is 0.300. The van der Waals surface area contributed by atoms with E-state index in [-0.39, 0.29) is 22.3 Å². The van der Waals surface area contributed by atoms with Gasteiger partial charge in [0.25, 0.3) is 11.5 Å².